The number of carbonyl (C=O) groups is 1. The van der Waals surface area contributed by atoms with E-state index in [1.165, 1.54) is 12.1 Å². The lowest BCUT2D eigenvalue weighted by molar-refractivity contribution is 0.0789. The molecule has 0 spiro atoms. The van der Waals surface area contributed by atoms with Gasteiger partial charge in [-0.25, -0.2) is 4.39 Å². The maximum absolute atomic E-state index is 12.9. The van der Waals surface area contributed by atoms with Gasteiger partial charge in [-0.1, -0.05) is 25.4 Å². The molecule has 1 aromatic rings. The molecule has 106 valence electrons. The summed E-state index contributed by atoms with van der Waals surface area (Å²) in [6, 6.07) is 3.83. The first-order chi connectivity index (χ1) is 8.82. The Morgan fingerprint density at radius 3 is 2.63 bits per heavy atom. The maximum Gasteiger partial charge on any atom is 0.255 e. The van der Waals surface area contributed by atoms with Gasteiger partial charge >= 0.3 is 0 Å². The van der Waals surface area contributed by atoms with Crippen LogP contribution >= 0.6 is 11.6 Å². The summed E-state index contributed by atoms with van der Waals surface area (Å²) in [7, 11) is 1.69. The van der Waals surface area contributed by atoms with E-state index >= 15 is 0 Å². The van der Waals surface area contributed by atoms with Gasteiger partial charge < -0.3 is 10.6 Å². The zero-order valence-corrected chi connectivity index (χ0v) is 12.2. The summed E-state index contributed by atoms with van der Waals surface area (Å²) in [5.74, 6) is -0.301. The summed E-state index contributed by atoms with van der Waals surface area (Å²) in [5.41, 5.74) is 6.25. The molecule has 19 heavy (non-hydrogen) atoms. The van der Waals surface area contributed by atoms with Gasteiger partial charge in [-0.15, -0.1) is 0 Å². The molecule has 0 saturated heterocycles. The van der Waals surface area contributed by atoms with Crippen molar-refractivity contribution < 1.29 is 9.18 Å². The fraction of sp³-hybridized carbons (Fsp3) is 0.500. The molecule has 1 atom stereocenters. The van der Waals surface area contributed by atoms with Crippen LogP contribution in [0.2, 0.25) is 5.02 Å². The van der Waals surface area contributed by atoms with Crippen LogP contribution in [0, 0.1) is 11.7 Å². The molecular weight excluding hydrogens is 267 g/mol. The summed E-state index contributed by atoms with van der Waals surface area (Å²) in [4.78, 5) is 13.7. The van der Waals surface area contributed by atoms with Crippen molar-refractivity contribution in [1.82, 2.24) is 4.90 Å². The van der Waals surface area contributed by atoms with Gasteiger partial charge in [0.1, 0.15) is 5.82 Å². The number of hydrogen-bond acceptors (Lipinski definition) is 2. The Labute approximate surface area is 118 Å². The summed E-state index contributed by atoms with van der Waals surface area (Å²) in [6.07, 6.45) is 0.721. The van der Waals surface area contributed by atoms with E-state index in [0.29, 0.717) is 18.0 Å². The number of hydrogen-bond donors (Lipinski definition) is 1. The molecule has 2 N–H and O–H groups in total. The monoisotopic (exact) mass is 286 g/mol. The van der Waals surface area contributed by atoms with Crippen molar-refractivity contribution in [2.24, 2.45) is 11.7 Å². The van der Waals surface area contributed by atoms with Crippen LogP contribution in [0.15, 0.2) is 18.2 Å². The van der Waals surface area contributed by atoms with Crippen LogP contribution < -0.4 is 5.73 Å². The van der Waals surface area contributed by atoms with Crippen molar-refractivity contribution in [3.8, 4) is 0 Å². The fourth-order valence-corrected chi connectivity index (χ4v) is 1.89. The fourth-order valence-electron chi connectivity index (χ4n) is 1.65. The second-order valence-electron chi connectivity index (χ2n) is 5.05. The van der Waals surface area contributed by atoms with Gasteiger partial charge in [0.05, 0.1) is 10.6 Å². The average Bonchev–Trinajstić information content (AvgIpc) is 2.34. The number of amides is 1. The Bertz CT molecular complexity index is 451. The highest BCUT2D eigenvalue weighted by Crippen LogP contribution is 2.19. The number of halogens is 2. The minimum Gasteiger partial charge on any atom is -0.342 e. The Kier molecular flexibility index (Phi) is 5.76. The molecule has 0 heterocycles. The largest absolute Gasteiger partial charge is 0.342 e. The van der Waals surface area contributed by atoms with Crippen LogP contribution in [-0.4, -0.2) is 30.4 Å². The molecule has 3 nitrogen and oxygen atoms in total. The highest BCUT2D eigenvalue weighted by atomic mass is 35.5. The van der Waals surface area contributed by atoms with E-state index in [1.54, 1.807) is 11.9 Å². The molecule has 0 saturated carbocycles. The molecule has 1 unspecified atom stereocenters. The highest BCUT2D eigenvalue weighted by molar-refractivity contribution is 6.33. The van der Waals surface area contributed by atoms with Gasteiger partial charge in [-0.2, -0.15) is 0 Å². The van der Waals surface area contributed by atoms with Crippen molar-refractivity contribution >= 4 is 17.5 Å². The molecule has 5 heteroatoms. The van der Waals surface area contributed by atoms with E-state index in [9.17, 15) is 9.18 Å². The van der Waals surface area contributed by atoms with Crippen molar-refractivity contribution in [2.75, 3.05) is 13.6 Å². The molecule has 0 bridgehead atoms. The first-order valence-electron chi connectivity index (χ1n) is 6.29. The zero-order chi connectivity index (χ0) is 14.6. The van der Waals surface area contributed by atoms with E-state index in [0.717, 1.165) is 12.5 Å². The number of rotatable bonds is 5. The first kappa shape index (κ1) is 15.9. The van der Waals surface area contributed by atoms with Gasteiger partial charge in [0, 0.05) is 19.6 Å². The third-order valence-electron chi connectivity index (χ3n) is 3.16. The molecule has 0 aliphatic carbocycles. The van der Waals surface area contributed by atoms with Crippen LogP contribution in [0.3, 0.4) is 0 Å². The number of nitrogens with zero attached hydrogens (tertiary/aromatic N) is 1. The second-order valence-corrected chi connectivity index (χ2v) is 5.45. The quantitative estimate of drug-likeness (QED) is 0.905. The minimum absolute atomic E-state index is 0.0546. The zero-order valence-electron chi connectivity index (χ0n) is 11.5. The van der Waals surface area contributed by atoms with E-state index in [4.69, 9.17) is 17.3 Å². The van der Waals surface area contributed by atoms with Crippen LogP contribution in [0.25, 0.3) is 0 Å². The van der Waals surface area contributed by atoms with Crippen molar-refractivity contribution in [3.05, 3.63) is 34.6 Å². The molecule has 0 fully saturated rings. The Hall–Kier alpha value is -1.13. The molecular formula is C14H20ClFN2O. The van der Waals surface area contributed by atoms with E-state index in [2.05, 4.69) is 0 Å². The summed E-state index contributed by atoms with van der Waals surface area (Å²) < 4.78 is 12.9. The molecule has 1 amide bonds. The van der Waals surface area contributed by atoms with Crippen molar-refractivity contribution in [1.29, 1.82) is 0 Å². The molecule has 0 aliphatic heterocycles. The SMILES string of the molecule is CC(C)C(N)CCN(C)C(=O)c1ccc(F)cc1Cl. The van der Waals surface area contributed by atoms with Crippen LogP contribution in [0.5, 0.6) is 0 Å². The summed E-state index contributed by atoms with van der Waals surface area (Å²) >= 11 is 5.87. The number of benzene rings is 1. The molecule has 1 rings (SSSR count). The number of carbonyl (C=O) groups excluding carboxylic acids is 1. The molecule has 0 radical (unpaired) electrons. The average molecular weight is 287 g/mol. The van der Waals surface area contributed by atoms with Gasteiger partial charge in [0.25, 0.3) is 5.91 Å². The van der Waals surface area contributed by atoms with E-state index < -0.39 is 5.82 Å². The third kappa shape index (κ3) is 4.48. The topological polar surface area (TPSA) is 46.3 Å². The second kappa shape index (κ2) is 6.87. The predicted molar refractivity (Wildman–Crippen MR) is 75.8 cm³/mol. The third-order valence-corrected chi connectivity index (χ3v) is 3.48. The summed E-state index contributed by atoms with van der Waals surface area (Å²) in [6.45, 7) is 4.64. The lowest BCUT2D eigenvalue weighted by Crippen LogP contribution is -2.34. The van der Waals surface area contributed by atoms with Crippen LogP contribution in [0.4, 0.5) is 4.39 Å². The number of nitrogens with two attached hydrogens (primary N) is 1. The lowest BCUT2D eigenvalue weighted by atomic mass is 10.0. The lowest BCUT2D eigenvalue weighted by Gasteiger charge is -2.22. The predicted octanol–water partition coefficient (Wildman–Crippen LogP) is 2.92. The Morgan fingerprint density at radius 1 is 1.47 bits per heavy atom. The van der Waals surface area contributed by atoms with E-state index in [-0.39, 0.29) is 17.0 Å². The molecule has 0 aromatic heterocycles. The van der Waals surface area contributed by atoms with Crippen LogP contribution in [-0.2, 0) is 0 Å². The minimum atomic E-state index is -0.453. The normalized spacial score (nSPS) is 12.6. The summed E-state index contributed by atoms with van der Waals surface area (Å²) in [5, 5.41) is 0.130. The maximum atomic E-state index is 12.9. The Balaban J connectivity index is 2.66. The van der Waals surface area contributed by atoms with Gasteiger partial charge in [0.15, 0.2) is 0 Å². The van der Waals surface area contributed by atoms with Crippen molar-refractivity contribution in [2.45, 2.75) is 26.3 Å². The van der Waals surface area contributed by atoms with Gasteiger partial charge in [-0.3, -0.25) is 4.79 Å². The molecule has 1 aromatic carbocycles. The van der Waals surface area contributed by atoms with Gasteiger partial charge in [0.2, 0.25) is 0 Å². The first-order valence-corrected chi connectivity index (χ1v) is 6.66. The van der Waals surface area contributed by atoms with Crippen molar-refractivity contribution in [3.63, 3.8) is 0 Å². The van der Waals surface area contributed by atoms with Crippen LogP contribution in [0.1, 0.15) is 30.6 Å². The van der Waals surface area contributed by atoms with E-state index in [1.807, 2.05) is 13.8 Å². The molecule has 0 aliphatic rings. The standard InChI is InChI=1S/C14H20ClFN2O/c1-9(2)13(17)6-7-18(3)14(19)11-5-4-10(16)8-12(11)15/h4-5,8-9,13H,6-7,17H2,1-3H3. The Morgan fingerprint density at radius 2 is 2.11 bits per heavy atom. The highest BCUT2D eigenvalue weighted by Gasteiger charge is 2.17. The van der Waals surface area contributed by atoms with Gasteiger partial charge in [-0.05, 0) is 30.5 Å². The smallest absolute Gasteiger partial charge is 0.255 e.